The lowest BCUT2D eigenvalue weighted by Crippen LogP contribution is -2.24. The monoisotopic (exact) mass is 271 g/mol. The number of nitrogens with zero attached hydrogens (tertiary/aromatic N) is 3. The summed E-state index contributed by atoms with van der Waals surface area (Å²) in [4.78, 5) is 24.0. The van der Waals surface area contributed by atoms with Crippen LogP contribution in [0.2, 0.25) is 0 Å². The summed E-state index contributed by atoms with van der Waals surface area (Å²) in [6.07, 6.45) is 5.79. The summed E-state index contributed by atoms with van der Waals surface area (Å²) < 4.78 is 0. The summed E-state index contributed by atoms with van der Waals surface area (Å²) in [7, 11) is 0. The zero-order valence-electron chi connectivity index (χ0n) is 11.3. The molecule has 0 atom stereocenters. The molecule has 0 unspecified atom stereocenters. The fourth-order valence-electron chi connectivity index (χ4n) is 1.61. The van der Waals surface area contributed by atoms with Crippen molar-refractivity contribution in [3.05, 3.63) is 48.2 Å². The molecular formula is C14H17N5O. The summed E-state index contributed by atoms with van der Waals surface area (Å²) in [5, 5.41) is 5.92. The molecule has 0 bridgehead atoms. The Morgan fingerprint density at radius 3 is 3.00 bits per heavy atom. The van der Waals surface area contributed by atoms with Gasteiger partial charge in [0.25, 0.3) is 5.91 Å². The van der Waals surface area contributed by atoms with Crippen LogP contribution in [0.4, 0.5) is 5.82 Å². The van der Waals surface area contributed by atoms with Gasteiger partial charge in [0.2, 0.25) is 0 Å². The average molecular weight is 271 g/mol. The minimum Gasteiger partial charge on any atom is -0.370 e. The molecule has 0 aliphatic rings. The van der Waals surface area contributed by atoms with Crippen molar-refractivity contribution in [3.63, 3.8) is 0 Å². The number of carbonyl (C=O) groups excluding carboxylic acids is 1. The number of amides is 1. The molecule has 20 heavy (non-hydrogen) atoms. The molecule has 0 aromatic carbocycles. The van der Waals surface area contributed by atoms with Gasteiger partial charge in [-0.15, -0.1) is 0 Å². The van der Waals surface area contributed by atoms with Gasteiger partial charge in [-0.2, -0.15) is 0 Å². The predicted octanol–water partition coefficient (Wildman–Crippen LogP) is 1.62. The molecule has 0 radical (unpaired) electrons. The van der Waals surface area contributed by atoms with Crippen LogP contribution in [0.15, 0.2) is 36.9 Å². The van der Waals surface area contributed by atoms with Crippen molar-refractivity contribution in [2.45, 2.75) is 19.9 Å². The second-order valence-electron chi connectivity index (χ2n) is 4.26. The second kappa shape index (κ2) is 7.18. The molecule has 0 aliphatic heterocycles. The van der Waals surface area contributed by atoms with E-state index in [2.05, 4.69) is 32.5 Å². The smallest absolute Gasteiger partial charge is 0.270 e. The normalized spacial score (nSPS) is 10.1. The Bertz CT molecular complexity index is 559. The van der Waals surface area contributed by atoms with E-state index >= 15 is 0 Å². The molecule has 0 saturated heterocycles. The molecule has 2 heterocycles. The number of hydrogen-bond acceptors (Lipinski definition) is 5. The summed E-state index contributed by atoms with van der Waals surface area (Å²) in [5.74, 6) is 0.434. The molecule has 2 aromatic heterocycles. The Hall–Kier alpha value is -2.50. The molecule has 0 spiro atoms. The quantitative estimate of drug-likeness (QED) is 0.834. The van der Waals surface area contributed by atoms with E-state index in [1.165, 1.54) is 6.33 Å². The fraction of sp³-hybridized carbons (Fsp3) is 0.286. The van der Waals surface area contributed by atoms with Crippen molar-refractivity contribution >= 4 is 11.7 Å². The van der Waals surface area contributed by atoms with Crippen LogP contribution in [0.1, 0.15) is 29.4 Å². The van der Waals surface area contributed by atoms with Crippen LogP contribution in [0.5, 0.6) is 0 Å². The number of carbonyl (C=O) groups is 1. The molecular weight excluding hydrogens is 254 g/mol. The van der Waals surface area contributed by atoms with Gasteiger partial charge in [-0.25, -0.2) is 9.97 Å². The van der Waals surface area contributed by atoms with E-state index in [1.807, 2.05) is 12.1 Å². The Balaban J connectivity index is 1.95. The SMILES string of the molecule is CCCNc1cc(C(=O)NCc2cccnc2)ncn1. The van der Waals surface area contributed by atoms with Gasteiger partial charge in [-0.3, -0.25) is 9.78 Å². The van der Waals surface area contributed by atoms with E-state index < -0.39 is 0 Å². The van der Waals surface area contributed by atoms with E-state index in [4.69, 9.17) is 0 Å². The van der Waals surface area contributed by atoms with Crippen LogP contribution in [0, 0.1) is 0 Å². The van der Waals surface area contributed by atoms with Gasteiger partial charge in [0.05, 0.1) is 0 Å². The molecule has 6 nitrogen and oxygen atoms in total. The van der Waals surface area contributed by atoms with Crippen LogP contribution >= 0.6 is 0 Å². The molecule has 104 valence electrons. The molecule has 2 rings (SSSR count). The number of hydrogen-bond donors (Lipinski definition) is 2. The van der Waals surface area contributed by atoms with Gasteiger partial charge in [0, 0.05) is 31.5 Å². The van der Waals surface area contributed by atoms with E-state index in [1.54, 1.807) is 18.5 Å². The van der Waals surface area contributed by atoms with E-state index in [0.29, 0.717) is 18.1 Å². The van der Waals surface area contributed by atoms with Crippen molar-refractivity contribution in [3.8, 4) is 0 Å². The highest BCUT2D eigenvalue weighted by Gasteiger charge is 2.08. The van der Waals surface area contributed by atoms with Crippen molar-refractivity contribution in [1.82, 2.24) is 20.3 Å². The summed E-state index contributed by atoms with van der Waals surface area (Å²) in [6.45, 7) is 3.30. The van der Waals surface area contributed by atoms with Crippen LogP contribution in [0.3, 0.4) is 0 Å². The van der Waals surface area contributed by atoms with Crippen LogP contribution < -0.4 is 10.6 Å². The zero-order valence-corrected chi connectivity index (χ0v) is 11.3. The molecule has 6 heteroatoms. The first-order valence-electron chi connectivity index (χ1n) is 6.52. The lowest BCUT2D eigenvalue weighted by Gasteiger charge is -2.06. The van der Waals surface area contributed by atoms with Gasteiger partial charge in [-0.1, -0.05) is 13.0 Å². The highest BCUT2D eigenvalue weighted by atomic mass is 16.1. The first kappa shape index (κ1) is 13.9. The third kappa shape index (κ3) is 4.01. The topological polar surface area (TPSA) is 79.8 Å². The van der Waals surface area contributed by atoms with Crippen molar-refractivity contribution in [2.75, 3.05) is 11.9 Å². The molecule has 0 fully saturated rings. The highest BCUT2D eigenvalue weighted by Crippen LogP contribution is 2.04. The summed E-state index contributed by atoms with van der Waals surface area (Å²) in [6, 6.07) is 5.38. The van der Waals surface area contributed by atoms with E-state index in [9.17, 15) is 4.79 Å². The highest BCUT2D eigenvalue weighted by molar-refractivity contribution is 5.92. The molecule has 0 saturated carbocycles. The minimum absolute atomic E-state index is 0.226. The first-order valence-corrected chi connectivity index (χ1v) is 6.52. The Labute approximate surface area is 117 Å². The number of nitrogens with one attached hydrogen (secondary N) is 2. The number of pyridine rings is 1. The number of aromatic nitrogens is 3. The average Bonchev–Trinajstić information content (AvgIpc) is 2.52. The lowest BCUT2D eigenvalue weighted by molar-refractivity contribution is 0.0946. The minimum atomic E-state index is -0.226. The van der Waals surface area contributed by atoms with Crippen molar-refractivity contribution in [2.24, 2.45) is 0 Å². The van der Waals surface area contributed by atoms with Crippen molar-refractivity contribution < 1.29 is 4.79 Å². The van der Waals surface area contributed by atoms with Gasteiger partial charge in [0.15, 0.2) is 0 Å². The molecule has 2 aromatic rings. The Morgan fingerprint density at radius 1 is 1.35 bits per heavy atom. The lowest BCUT2D eigenvalue weighted by atomic mass is 10.3. The Morgan fingerprint density at radius 2 is 2.25 bits per heavy atom. The zero-order chi connectivity index (χ0) is 14.2. The largest absolute Gasteiger partial charge is 0.370 e. The third-order valence-corrected chi connectivity index (χ3v) is 2.63. The number of anilines is 1. The van der Waals surface area contributed by atoms with E-state index in [-0.39, 0.29) is 5.91 Å². The summed E-state index contributed by atoms with van der Waals surface area (Å²) >= 11 is 0. The third-order valence-electron chi connectivity index (χ3n) is 2.63. The van der Waals surface area contributed by atoms with Crippen LogP contribution in [-0.2, 0) is 6.54 Å². The molecule has 1 amide bonds. The number of rotatable bonds is 6. The van der Waals surface area contributed by atoms with Gasteiger partial charge in [-0.05, 0) is 18.1 Å². The Kier molecular flexibility index (Phi) is 5.00. The van der Waals surface area contributed by atoms with Crippen molar-refractivity contribution in [1.29, 1.82) is 0 Å². The second-order valence-corrected chi connectivity index (χ2v) is 4.26. The maximum atomic E-state index is 12.0. The first-order chi connectivity index (χ1) is 9.79. The maximum Gasteiger partial charge on any atom is 0.270 e. The molecule has 2 N–H and O–H groups in total. The molecule has 0 aliphatic carbocycles. The van der Waals surface area contributed by atoms with E-state index in [0.717, 1.165) is 18.5 Å². The van der Waals surface area contributed by atoms with Gasteiger partial charge >= 0.3 is 0 Å². The van der Waals surface area contributed by atoms with Crippen LogP contribution in [-0.4, -0.2) is 27.4 Å². The van der Waals surface area contributed by atoms with Crippen LogP contribution in [0.25, 0.3) is 0 Å². The summed E-state index contributed by atoms with van der Waals surface area (Å²) in [5.41, 5.74) is 1.29. The standard InChI is InChI=1S/C14H17N5O/c1-2-5-16-13-7-12(18-10-19-13)14(20)17-9-11-4-3-6-15-8-11/h3-4,6-8,10H,2,5,9H2,1H3,(H,17,20)(H,16,18,19). The predicted molar refractivity (Wildman–Crippen MR) is 76.2 cm³/mol. The van der Waals surface area contributed by atoms with Gasteiger partial charge in [0.1, 0.15) is 17.8 Å². The fourth-order valence-corrected chi connectivity index (χ4v) is 1.61. The maximum absolute atomic E-state index is 12.0. The van der Waals surface area contributed by atoms with Gasteiger partial charge < -0.3 is 10.6 Å².